The molecule has 0 spiro atoms. The van der Waals surface area contributed by atoms with Crippen LogP contribution in [0.1, 0.15) is 19.3 Å². The van der Waals surface area contributed by atoms with Gasteiger partial charge in [-0.05, 0) is 60.0 Å². The Morgan fingerprint density at radius 1 is 0.696 bits per heavy atom. The molecule has 3 heterocycles. The summed E-state index contributed by atoms with van der Waals surface area (Å²) < 4.78 is 0. The van der Waals surface area contributed by atoms with E-state index in [-0.39, 0.29) is 0 Å². The molecule has 0 aromatic heterocycles. The molecule has 0 aromatic rings. The number of hydrogen-bond acceptors (Lipinski definition) is 6. The predicted molar refractivity (Wildman–Crippen MR) is 100 cm³/mol. The van der Waals surface area contributed by atoms with Crippen molar-refractivity contribution in [3.63, 3.8) is 0 Å². The molecule has 6 heteroatoms. The quantitative estimate of drug-likeness (QED) is 0.556. The lowest BCUT2D eigenvalue weighted by atomic mass is 10.1. The summed E-state index contributed by atoms with van der Waals surface area (Å²) in [6.07, 6.45) is 3.79. The van der Waals surface area contributed by atoms with E-state index in [1.165, 1.54) is 58.5 Å². The molecule has 0 bridgehead atoms. The number of piperazine rings is 1. The van der Waals surface area contributed by atoms with E-state index in [4.69, 9.17) is 5.73 Å². The first-order chi connectivity index (χ1) is 11.1. The summed E-state index contributed by atoms with van der Waals surface area (Å²) in [5.41, 5.74) is 5.68. The van der Waals surface area contributed by atoms with Crippen LogP contribution in [0.3, 0.4) is 0 Å². The summed E-state index contributed by atoms with van der Waals surface area (Å²) >= 11 is 0. The van der Waals surface area contributed by atoms with Gasteiger partial charge in [0.2, 0.25) is 0 Å². The van der Waals surface area contributed by atoms with Crippen LogP contribution in [0.15, 0.2) is 0 Å². The maximum atomic E-state index is 5.68. The van der Waals surface area contributed by atoms with Crippen LogP contribution in [0, 0.1) is 0 Å². The van der Waals surface area contributed by atoms with Crippen molar-refractivity contribution in [2.24, 2.45) is 5.73 Å². The fraction of sp³-hybridized carbons (Fsp3) is 1.00. The second-order valence-corrected chi connectivity index (χ2v) is 7.12. The number of piperidine rings is 1. The van der Waals surface area contributed by atoms with Gasteiger partial charge in [0.15, 0.2) is 0 Å². The second kappa shape index (κ2) is 13.1. The molecule has 0 saturated carbocycles. The molecule has 138 valence electrons. The van der Waals surface area contributed by atoms with Gasteiger partial charge in [0.1, 0.15) is 0 Å². The van der Waals surface area contributed by atoms with Gasteiger partial charge in [-0.3, -0.25) is 0 Å². The third-order valence-electron chi connectivity index (χ3n) is 4.57. The van der Waals surface area contributed by atoms with E-state index in [0.717, 1.165) is 26.2 Å². The van der Waals surface area contributed by atoms with Gasteiger partial charge >= 0.3 is 0 Å². The molecule has 0 amide bonds. The van der Waals surface area contributed by atoms with Crippen molar-refractivity contribution in [3.05, 3.63) is 0 Å². The fourth-order valence-corrected chi connectivity index (χ4v) is 2.96. The fourth-order valence-electron chi connectivity index (χ4n) is 2.96. The molecule has 0 aromatic carbocycles. The Kier molecular flexibility index (Phi) is 11.8. The third kappa shape index (κ3) is 11.9. The smallest absolute Gasteiger partial charge is 0.0168 e. The maximum Gasteiger partial charge on any atom is 0.0168 e. The van der Waals surface area contributed by atoms with E-state index in [2.05, 4.69) is 46.5 Å². The Hall–Kier alpha value is -0.240. The molecule has 3 fully saturated rings. The summed E-state index contributed by atoms with van der Waals surface area (Å²) in [5.74, 6) is 0. The average molecular weight is 329 g/mol. The van der Waals surface area contributed by atoms with E-state index < -0.39 is 0 Å². The maximum absolute atomic E-state index is 5.68. The van der Waals surface area contributed by atoms with Crippen molar-refractivity contribution in [2.45, 2.75) is 25.3 Å². The summed E-state index contributed by atoms with van der Waals surface area (Å²) in [7, 11) is 6.45. The molecular formula is C17H40N6. The zero-order valence-corrected chi connectivity index (χ0v) is 15.7. The van der Waals surface area contributed by atoms with Crippen LogP contribution >= 0.6 is 0 Å². The van der Waals surface area contributed by atoms with Gasteiger partial charge < -0.3 is 31.1 Å². The van der Waals surface area contributed by atoms with Crippen LogP contribution in [0.4, 0.5) is 0 Å². The highest BCUT2D eigenvalue weighted by molar-refractivity contribution is 4.71. The Morgan fingerprint density at radius 3 is 1.70 bits per heavy atom. The summed E-state index contributed by atoms with van der Waals surface area (Å²) in [5, 5.41) is 6.61. The van der Waals surface area contributed by atoms with E-state index in [1.54, 1.807) is 0 Å². The molecule has 6 nitrogen and oxygen atoms in total. The lowest BCUT2D eigenvalue weighted by molar-refractivity contribution is 0.252. The number of likely N-dealkylation sites (N-methyl/N-ethyl adjacent to an activating group) is 3. The van der Waals surface area contributed by atoms with Crippen LogP contribution in [0.25, 0.3) is 0 Å². The van der Waals surface area contributed by atoms with Crippen molar-refractivity contribution in [1.29, 1.82) is 0 Å². The first kappa shape index (κ1) is 20.8. The molecule has 1 atom stereocenters. The second-order valence-electron chi connectivity index (χ2n) is 7.12. The molecule has 0 radical (unpaired) electrons. The molecule has 3 aliphatic heterocycles. The minimum Gasteiger partial charge on any atom is -0.327 e. The van der Waals surface area contributed by atoms with E-state index in [1.807, 2.05) is 0 Å². The summed E-state index contributed by atoms with van der Waals surface area (Å²) in [4.78, 5) is 6.98. The van der Waals surface area contributed by atoms with Crippen LogP contribution < -0.4 is 16.4 Å². The normalized spacial score (nSPS) is 27.9. The van der Waals surface area contributed by atoms with Crippen molar-refractivity contribution in [1.82, 2.24) is 25.3 Å². The zero-order valence-electron chi connectivity index (χ0n) is 15.7. The number of hydrogen-bond donors (Lipinski definition) is 3. The van der Waals surface area contributed by atoms with Gasteiger partial charge in [-0.15, -0.1) is 0 Å². The summed E-state index contributed by atoms with van der Waals surface area (Å²) in [6, 6.07) is 0.439. The van der Waals surface area contributed by atoms with Gasteiger partial charge in [-0.1, -0.05) is 0 Å². The standard InChI is InChI=1S/2C6H14N2.C5H12N2/c1-8-5-2-3-7-4-6-8;1-8-4-2-3-6(7)5-8;1-7-4-2-6-3-5-7/h7H,2-6H2,1H3;6H,2-5,7H2,1H3;6H,2-5H2,1H3. The van der Waals surface area contributed by atoms with Gasteiger partial charge in [-0.2, -0.15) is 0 Å². The first-order valence-corrected chi connectivity index (χ1v) is 9.30. The monoisotopic (exact) mass is 328 g/mol. The van der Waals surface area contributed by atoms with Gasteiger partial charge in [-0.25, -0.2) is 0 Å². The van der Waals surface area contributed by atoms with E-state index in [9.17, 15) is 0 Å². The molecule has 0 aliphatic carbocycles. The Bertz CT molecular complexity index is 254. The predicted octanol–water partition coefficient (Wildman–Crippen LogP) is -0.528. The molecule has 23 heavy (non-hydrogen) atoms. The average Bonchev–Trinajstić information content (AvgIpc) is 2.77. The number of nitrogens with zero attached hydrogens (tertiary/aromatic N) is 3. The number of nitrogens with one attached hydrogen (secondary N) is 2. The molecular weight excluding hydrogens is 288 g/mol. The topological polar surface area (TPSA) is 59.8 Å². The van der Waals surface area contributed by atoms with Gasteiger partial charge in [0.25, 0.3) is 0 Å². The highest BCUT2D eigenvalue weighted by Gasteiger charge is 2.11. The first-order valence-electron chi connectivity index (χ1n) is 9.30. The number of nitrogens with two attached hydrogens (primary N) is 1. The van der Waals surface area contributed by atoms with Gasteiger partial charge in [0, 0.05) is 51.9 Å². The Morgan fingerprint density at radius 2 is 1.22 bits per heavy atom. The third-order valence-corrected chi connectivity index (χ3v) is 4.57. The highest BCUT2D eigenvalue weighted by atomic mass is 15.2. The zero-order chi connectivity index (χ0) is 16.9. The summed E-state index contributed by atoms with van der Waals surface area (Å²) in [6.45, 7) is 11.9. The molecule has 3 saturated heterocycles. The van der Waals surface area contributed by atoms with Crippen LogP contribution in [0.2, 0.25) is 0 Å². The van der Waals surface area contributed by atoms with Crippen molar-refractivity contribution >= 4 is 0 Å². The number of likely N-dealkylation sites (tertiary alicyclic amines) is 1. The lowest BCUT2D eigenvalue weighted by Gasteiger charge is -2.26. The highest BCUT2D eigenvalue weighted by Crippen LogP contribution is 2.04. The van der Waals surface area contributed by atoms with Crippen molar-refractivity contribution < 1.29 is 0 Å². The largest absolute Gasteiger partial charge is 0.327 e. The van der Waals surface area contributed by atoms with E-state index in [0.29, 0.717) is 6.04 Å². The minimum atomic E-state index is 0.439. The Labute approximate surface area is 143 Å². The Balaban J connectivity index is 0.000000173. The molecule has 3 aliphatic rings. The van der Waals surface area contributed by atoms with Crippen LogP contribution in [-0.4, -0.2) is 107 Å². The molecule has 3 rings (SSSR count). The number of rotatable bonds is 0. The van der Waals surface area contributed by atoms with Crippen LogP contribution in [0.5, 0.6) is 0 Å². The lowest BCUT2D eigenvalue weighted by Crippen LogP contribution is -2.40. The molecule has 1 unspecified atom stereocenters. The van der Waals surface area contributed by atoms with E-state index >= 15 is 0 Å². The van der Waals surface area contributed by atoms with Gasteiger partial charge in [0.05, 0.1) is 0 Å². The van der Waals surface area contributed by atoms with Crippen molar-refractivity contribution in [2.75, 3.05) is 86.6 Å². The SMILES string of the molecule is CN1CCCC(N)C1.CN1CCCNCC1.CN1CCNCC1. The van der Waals surface area contributed by atoms with Crippen LogP contribution in [-0.2, 0) is 0 Å². The van der Waals surface area contributed by atoms with Crippen molar-refractivity contribution in [3.8, 4) is 0 Å². The molecule has 4 N–H and O–H groups in total. The minimum absolute atomic E-state index is 0.439.